The fourth-order valence-corrected chi connectivity index (χ4v) is 1.51. The maximum absolute atomic E-state index is 8.51. The minimum Gasteiger partial charge on any atom is -0.396 e. The predicted octanol–water partition coefficient (Wildman–Crippen LogP) is 3.14. The predicted molar refractivity (Wildman–Crippen MR) is 58.3 cm³/mol. The number of rotatable bonds is 7. The first-order chi connectivity index (χ1) is 5.27. The zero-order valence-corrected chi connectivity index (χ0v) is 9.51. The largest absolute Gasteiger partial charge is 0.396 e. The Morgan fingerprint density at radius 2 is 1.64 bits per heavy atom. The SMILES string of the molecule is C[C@H](I)CCCCCCCO. The molecule has 11 heavy (non-hydrogen) atoms. The molecule has 0 aromatic rings. The molecule has 0 aliphatic rings. The van der Waals surface area contributed by atoms with Crippen molar-refractivity contribution in [2.45, 2.75) is 49.4 Å². The van der Waals surface area contributed by atoms with Gasteiger partial charge in [-0.25, -0.2) is 0 Å². The third-order valence-electron chi connectivity index (χ3n) is 1.76. The van der Waals surface area contributed by atoms with Crippen LogP contribution in [-0.2, 0) is 0 Å². The van der Waals surface area contributed by atoms with Crippen LogP contribution in [-0.4, -0.2) is 15.6 Å². The standard InChI is InChI=1S/C9H19IO/c1-9(10)7-5-3-2-4-6-8-11/h9,11H,2-8H2,1H3/t9-/m0/s1. The molecule has 0 rings (SSSR count). The molecule has 0 amide bonds. The topological polar surface area (TPSA) is 20.2 Å². The minimum absolute atomic E-state index is 0.364. The average Bonchev–Trinajstić information content (AvgIpc) is 1.96. The fourth-order valence-electron chi connectivity index (χ4n) is 1.07. The van der Waals surface area contributed by atoms with Gasteiger partial charge in [-0.1, -0.05) is 55.2 Å². The first-order valence-electron chi connectivity index (χ1n) is 4.52. The zero-order chi connectivity index (χ0) is 8.53. The van der Waals surface area contributed by atoms with Crippen LogP contribution in [0, 0.1) is 0 Å². The lowest BCUT2D eigenvalue weighted by Gasteiger charge is -2.01. The Hall–Kier alpha value is 0.690. The Morgan fingerprint density at radius 1 is 1.09 bits per heavy atom. The van der Waals surface area contributed by atoms with E-state index < -0.39 is 0 Å². The van der Waals surface area contributed by atoms with Crippen molar-refractivity contribution in [3.05, 3.63) is 0 Å². The molecule has 0 heterocycles. The molecule has 0 fully saturated rings. The van der Waals surface area contributed by atoms with Gasteiger partial charge in [0.15, 0.2) is 0 Å². The number of alkyl halides is 1. The van der Waals surface area contributed by atoms with E-state index in [2.05, 4.69) is 29.5 Å². The quantitative estimate of drug-likeness (QED) is 0.428. The van der Waals surface area contributed by atoms with E-state index >= 15 is 0 Å². The second kappa shape index (κ2) is 8.78. The van der Waals surface area contributed by atoms with Crippen molar-refractivity contribution >= 4 is 22.6 Å². The van der Waals surface area contributed by atoms with E-state index in [0.29, 0.717) is 6.61 Å². The van der Waals surface area contributed by atoms with Crippen LogP contribution < -0.4 is 0 Å². The lowest BCUT2D eigenvalue weighted by molar-refractivity contribution is 0.282. The highest BCUT2D eigenvalue weighted by Crippen LogP contribution is 2.11. The van der Waals surface area contributed by atoms with Crippen molar-refractivity contribution in [1.82, 2.24) is 0 Å². The van der Waals surface area contributed by atoms with Gasteiger partial charge in [0.1, 0.15) is 0 Å². The summed E-state index contributed by atoms with van der Waals surface area (Å²) in [4.78, 5) is 0. The molecule has 0 saturated heterocycles. The molecule has 1 nitrogen and oxygen atoms in total. The maximum Gasteiger partial charge on any atom is 0.0431 e. The highest BCUT2D eigenvalue weighted by molar-refractivity contribution is 14.1. The number of hydrogen-bond donors (Lipinski definition) is 1. The van der Waals surface area contributed by atoms with E-state index in [-0.39, 0.29) is 0 Å². The van der Waals surface area contributed by atoms with Crippen molar-refractivity contribution in [2.24, 2.45) is 0 Å². The molecule has 68 valence electrons. The first-order valence-corrected chi connectivity index (χ1v) is 5.77. The smallest absolute Gasteiger partial charge is 0.0431 e. The first kappa shape index (κ1) is 11.7. The van der Waals surface area contributed by atoms with Gasteiger partial charge in [-0.15, -0.1) is 0 Å². The van der Waals surface area contributed by atoms with Crippen molar-refractivity contribution in [1.29, 1.82) is 0 Å². The molecular formula is C9H19IO. The Balaban J connectivity index is 2.80. The molecule has 2 heteroatoms. The minimum atomic E-state index is 0.364. The fraction of sp³-hybridized carbons (Fsp3) is 1.00. The summed E-state index contributed by atoms with van der Waals surface area (Å²) in [5.74, 6) is 0. The Morgan fingerprint density at radius 3 is 2.18 bits per heavy atom. The lowest BCUT2D eigenvalue weighted by Crippen LogP contribution is -1.89. The molecule has 0 radical (unpaired) electrons. The van der Waals surface area contributed by atoms with Crippen LogP contribution in [0.5, 0.6) is 0 Å². The normalized spacial score (nSPS) is 13.4. The summed E-state index contributed by atoms with van der Waals surface area (Å²) in [5.41, 5.74) is 0. The van der Waals surface area contributed by atoms with Gasteiger partial charge in [0.25, 0.3) is 0 Å². The second-order valence-electron chi connectivity index (χ2n) is 3.06. The summed E-state index contributed by atoms with van der Waals surface area (Å²) in [6, 6.07) is 0. The molecule has 0 unspecified atom stereocenters. The number of halogens is 1. The number of hydrogen-bond acceptors (Lipinski definition) is 1. The third-order valence-corrected chi connectivity index (χ3v) is 2.38. The molecule has 1 atom stereocenters. The molecule has 0 bridgehead atoms. The van der Waals surface area contributed by atoms with Gasteiger partial charge < -0.3 is 5.11 Å². The van der Waals surface area contributed by atoms with E-state index in [4.69, 9.17) is 5.11 Å². The van der Waals surface area contributed by atoms with Crippen molar-refractivity contribution in [2.75, 3.05) is 6.61 Å². The summed E-state index contributed by atoms with van der Waals surface area (Å²) < 4.78 is 0.824. The lowest BCUT2D eigenvalue weighted by atomic mass is 10.1. The number of aliphatic hydroxyl groups is 1. The highest BCUT2D eigenvalue weighted by atomic mass is 127. The molecule has 0 saturated carbocycles. The van der Waals surface area contributed by atoms with Gasteiger partial charge in [-0.2, -0.15) is 0 Å². The van der Waals surface area contributed by atoms with Gasteiger partial charge in [-0.3, -0.25) is 0 Å². The number of aliphatic hydroxyl groups excluding tert-OH is 1. The molecule has 0 aliphatic heterocycles. The maximum atomic E-state index is 8.51. The number of unbranched alkanes of at least 4 members (excludes halogenated alkanes) is 4. The van der Waals surface area contributed by atoms with Gasteiger partial charge in [0.05, 0.1) is 0 Å². The van der Waals surface area contributed by atoms with E-state index in [1.807, 2.05) is 0 Å². The Labute approximate surface area is 83.7 Å². The molecule has 0 aliphatic carbocycles. The van der Waals surface area contributed by atoms with Gasteiger partial charge >= 0.3 is 0 Å². The van der Waals surface area contributed by atoms with Crippen molar-refractivity contribution in [3.63, 3.8) is 0 Å². The second-order valence-corrected chi connectivity index (χ2v) is 5.19. The van der Waals surface area contributed by atoms with E-state index in [1.165, 1.54) is 32.1 Å². The average molecular weight is 270 g/mol. The summed E-state index contributed by atoms with van der Waals surface area (Å²) in [5, 5.41) is 8.51. The van der Waals surface area contributed by atoms with Crippen LogP contribution in [0.3, 0.4) is 0 Å². The van der Waals surface area contributed by atoms with Crippen LogP contribution >= 0.6 is 22.6 Å². The van der Waals surface area contributed by atoms with Gasteiger partial charge in [-0.05, 0) is 12.8 Å². The van der Waals surface area contributed by atoms with Gasteiger partial charge in [0.2, 0.25) is 0 Å². The Bertz CT molecular complexity index is 74.0. The molecular weight excluding hydrogens is 251 g/mol. The summed E-state index contributed by atoms with van der Waals surface area (Å²) >= 11 is 2.47. The zero-order valence-electron chi connectivity index (χ0n) is 7.35. The van der Waals surface area contributed by atoms with Crippen molar-refractivity contribution < 1.29 is 5.11 Å². The van der Waals surface area contributed by atoms with Crippen LogP contribution in [0.15, 0.2) is 0 Å². The highest BCUT2D eigenvalue weighted by Gasteiger charge is 1.94. The summed E-state index contributed by atoms with van der Waals surface area (Å²) in [6.07, 6.45) is 7.53. The summed E-state index contributed by atoms with van der Waals surface area (Å²) in [6.45, 7) is 2.62. The van der Waals surface area contributed by atoms with Crippen molar-refractivity contribution in [3.8, 4) is 0 Å². The van der Waals surface area contributed by atoms with E-state index in [1.54, 1.807) is 0 Å². The molecule has 0 spiro atoms. The summed E-state index contributed by atoms with van der Waals surface area (Å²) in [7, 11) is 0. The van der Waals surface area contributed by atoms with Crippen LogP contribution in [0.1, 0.15) is 45.4 Å². The van der Waals surface area contributed by atoms with Crippen LogP contribution in [0.4, 0.5) is 0 Å². The monoisotopic (exact) mass is 270 g/mol. The Kier molecular flexibility index (Phi) is 9.33. The van der Waals surface area contributed by atoms with E-state index in [9.17, 15) is 0 Å². The molecule has 1 N–H and O–H groups in total. The van der Waals surface area contributed by atoms with Crippen LogP contribution in [0.25, 0.3) is 0 Å². The van der Waals surface area contributed by atoms with Gasteiger partial charge in [0, 0.05) is 10.5 Å². The van der Waals surface area contributed by atoms with Crippen LogP contribution in [0.2, 0.25) is 0 Å². The molecule has 0 aromatic heterocycles. The molecule has 0 aromatic carbocycles. The van der Waals surface area contributed by atoms with E-state index in [0.717, 1.165) is 10.3 Å². The third kappa shape index (κ3) is 10.7.